The summed E-state index contributed by atoms with van der Waals surface area (Å²) >= 11 is 0. The van der Waals surface area contributed by atoms with Gasteiger partial charge in [-0.3, -0.25) is 4.90 Å². The fourth-order valence-electron chi connectivity index (χ4n) is 3.32. The predicted molar refractivity (Wildman–Crippen MR) is 78.1 cm³/mol. The van der Waals surface area contributed by atoms with Gasteiger partial charge in [0.25, 0.3) is 0 Å². The van der Waals surface area contributed by atoms with Crippen LogP contribution in [0.25, 0.3) is 0 Å². The van der Waals surface area contributed by atoms with Gasteiger partial charge in [0.15, 0.2) is 21.3 Å². The summed E-state index contributed by atoms with van der Waals surface area (Å²) in [6.45, 7) is 1.63. The van der Waals surface area contributed by atoms with Crippen molar-refractivity contribution in [3.05, 3.63) is 23.8 Å². The topological polar surface area (TPSA) is 55.8 Å². The van der Waals surface area contributed by atoms with E-state index >= 15 is 0 Å². The van der Waals surface area contributed by atoms with Gasteiger partial charge in [-0.1, -0.05) is 12.1 Å². The lowest BCUT2D eigenvalue weighted by Crippen LogP contribution is -2.49. The second-order valence-electron chi connectivity index (χ2n) is 6.14. The third-order valence-corrected chi connectivity index (χ3v) is 6.25. The van der Waals surface area contributed by atoms with Gasteiger partial charge in [-0.25, -0.2) is 8.42 Å². The van der Waals surface area contributed by atoms with E-state index in [4.69, 9.17) is 9.47 Å². The Morgan fingerprint density at radius 3 is 2.90 bits per heavy atom. The molecule has 1 saturated carbocycles. The normalized spacial score (nSPS) is 27.7. The molecule has 0 bridgehead atoms. The summed E-state index contributed by atoms with van der Waals surface area (Å²) in [6, 6.07) is 6.09. The zero-order chi connectivity index (χ0) is 14.4. The molecule has 4 rings (SSSR count). The van der Waals surface area contributed by atoms with Crippen LogP contribution < -0.4 is 9.47 Å². The third kappa shape index (κ3) is 2.62. The number of benzene rings is 1. The van der Waals surface area contributed by atoms with E-state index in [2.05, 4.69) is 4.90 Å². The van der Waals surface area contributed by atoms with Crippen LogP contribution in [0.4, 0.5) is 0 Å². The zero-order valence-corrected chi connectivity index (χ0v) is 12.6. The number of sulfone groups is 1. The molecule has 6 heteroatoms. The average Bonchev–Trinajstić information content (AvgIpc) is 3.18. The molecule has 0 aromatic heterocycles. The Kier molecular flexibility index (Phi) is 3.11. The van der Waals surface area contributed by atoms with Crippen molar-refractivity contribution in [2.45, 2.75) is 25.4 Å². The van der Waals surface area contributed by atoms with Crippen molar-refractivity contribution in [2.75, 3.05) is 24.8 Å². The van der Waals surface area contributed by atoms with Crippen molar-refractivity contribution in [2.24, 2.45) is 5.92 Å². The quantitative estimate of drug-likeness (QED) is 0.845. The Balaban J connectivity index is 1.57. The van der Waals surface area contributed by atoms with E-state index in [0.29, 0.717) is 18.2 Å². The smallest absolute Gasteiger partial charge is 0.231 e. The van der Waals surface area contributed by atoms with Crippen LogP contribution in [0.15, 0.2) is 18.2 Å². The molecule has 1 aliphatic carbocycles. The minimum absolute atomic E-state index is 0.168. The largest absolute Gasteiger partial charge is 0.454 e. The molecule has 0 radical (unpaired) electrons. The van der Waals surface area contributed by atoms with E-state index in [9.17, 15) is 8.42 Å². The van der Waals surface area contributed by atoms with Crippen LogP contribution in [-0.4, -0.2) is 44.2 Å². The average molecular weight is 309 g/mol. The second-order valence-corrected chi connectivity index (χ2v) is 8.37. The predicted octanol–water partition coefficient (Wildman–Crippen LogP) is 1.42. The molecule has 1 atom stereocenters. The Hall–Kier alpha value is -1.27. The van der Waals surface area contributed by atoms with Crippen LogP contribution in [-0.2, 0) is 16.4 Å². The zero-order valence-electron chi connectivity index (χ0n) is 11.8. The number of rotatable bonds is 3. The number of hydrogen-bond acceptors (Lipinski definition) is 5. The lowest BCUT2D eigenvalue weighted by Gasteiger charge is -2.35. The molecule has 3 aliphatic rings. The number of para-hydroxylation sites is 1. The van der Waals surface area contributed by atoms with E-state index in [0.717, 1.165) is 36.4 Å². The number of fused-ring (bicyclic) bond motifs is 1. The fourth-order valence-corrected chi connectivity index (χ4v) is 5.00. The highest BCUT2D eigenvalue weighted by atomic mass is 32.2. The summed E-state index contributed by atoms with van der Waals surface area (Å²) in [5, 5.41) is 0. The van der Waals surface area contributed by atoms with Crippen molar-refractivity contribution >= 4 is 9.84 Å². The van der Waals surface area contributed by atoms with E-state index in [1.54, 1.807) is 0 Å². The summed E-state index contributed by atoms with van der Waals surface area (Å²) in [5.74, 6) is 2.74. The third-order valence-electron chi connectivity index (χ3n) is 4.60. The number of hydrogen-bond donors (Lipinski definition) is 0. The van der Waals surface area contributed by atoms with Gasteiger partial charge in [-0.15, -0.1) is 0 Å². The first kappa shape index (κ1) is 13.4. The monoisotopic (exact) mass is 309 g/mol. The standard InChI is InChI=1S/C15H19NO4S/c17-21(18)7-6-16(13(9-21)11-4-5-11)8-12-2-1-3-14-15(12)20-10-19-14/h1-3,11,13H,4-10H2. The summed E-state index contributed by atoms with van der Waals surface area (Å²) in [6.07, 6.45) is 2.31. The van der Waals surface area contributed by atoms with Gasteiger partial charge in [-0.2, -0.15) is 0 Å². The molecule has 0 amide bonds. The van der Waals surface area contributed by atoms with Crippen LogP contribution in [0.3, 0.4) is 0 Å². The first-order chi connectivity index (χ1) is 10.1. The molecule has 21 heavy (non-hydrogen) atoms. The van der Waals surface area contributed by atoms with Gasteiger partial charge in [0.2, 0.25) is 6.79 Å². The number of nitrogens with zero attached hydrogens (tertiary/aromatic N) is 1. The molecule has 5 nitrogen and oxygen atoms in total. The highest BCUT2D eigenvalue weighted by Gasteiger charge is 2.41. The first-order valence-electron chi connectivity index (χ1n) is 7.44. The van der Waals surface area contributed by atoms with Gasteiger partial charge < -0.3 is 9.47 Å². The Bertz CT molecular complexity index is 654. The van der Waals surface area contributed by atoms with Gasteiger partial charge in [0.05, 0.1) is 11.5 Å². The molecule has 1 aromatic carbocycles. The maximum absolute atomic E-state index is 11.9. The lowest BCUT2D eigenvalue weighted by molar-refractivity contribution is 0.166. The SMILES string of the molecule is O=S1(=O)CCN(Cc2cccc3c2OCO3)C(C2CC2)C1. The molecule has 1 aromatic rings. The maximum atomic E-state index is 11.9. The summed E-state index contributed by atoms with van der Waals surface area (Å²) in [7, 11) is -2.87. The first-order valence-corrected chi connectivity index (χ1v) is 9.26. The Morgan fingerprint density at radius 1 is 1.24 bits per heavy atom. The minimum atomic E-state index is -2.87. The van der Waals surface area contributed by atoms with E-state index in [1.165, 1.54) is 0 Å². The number of ether oxygens (including phenoxy) is 2. The van der Waals surface area contributed by atoms with Gasteiger partial charge >= 0.3 is 0 Å². The Labute approximate surface area is 124 Å². The van der Waals surface area contributed by atoms with Gasteiger partial charge in [0.1, 0.15) is 0 Å². The molecule has 2 fully saturated rings. The molecule has 2 aliphatic heterocycles. The van der Waals surface area contributed by atoms with E-state index in [-0.39, 0.29) is 18.6 Å². The molecule has 2 heterocycles. The Morgan fingerprint density at radius 2 is 2.10 bits per heavy atom. The van der Waals surface area contributed by atoms with Crippen LogP contribution >= 0.6 is 0 Å². The molecular weight excluding hydrogens is 290 g/mol. The van der Waals surface area contributed by atoms with Crippen LogP contribution in [0, 0.1) is 5.92 Å². The van der Waals surface area contributed by atoms with Crippen molar-refractivity contribution in [1.29, 1.82) is 0 Å². The van der Waals surface area contributed by atoms with Gasteiger partial charge in [0, 0.05) is 24.7 Å². The van der Waals surface area contributed by atoms with E-state index < -0.39 is 9.84 Å². The molecular formula is C15H19NO4S. The van der Waals surface area contributed by atoms with Gasteiger partial charge in [-0.05, 0) is 24.8 Å². The maximum Gasteiger partial charge on any atom is 0.231 e. The van der Waals surface area contributed by atoms with Crippen molar-refractivity contribution in [3.63, 3.8) is 0 Å². The second kappa shape index (κ2) is 4.88. The fraction of sp³-hybridized carbons (Fsp3) is 0.600. The highest BCUT2D eigenvalue weighted by molar-refractivity contribution is 7.91. The minimum Gasteiger partial charge on any atom is -0.454 e. The van der Waals surface area contributed by atoms with E-state index in [1.807, 2.05) is 18.2 Å². The summed E-state index contributed by atoms with van der Waals surface area (Å²) < 4.78 is 34.8. The van der Waals surface area contributed by atoms with Crippen LogP contribution in [0.1, 0.15) is 18.4 Å². The van der Waals surface area contributed by atoms with Crippen molar-refractivity contribution in [3.8, 4) is 11.5 Å². The summed E-state index contributed by atoms with van der Waals surface area (Å²) in [4.78, 5) is 2.32. The molecule has 0 spiro atoms. The van der Waals surface area contributed by atoms with Crippen LogP contribution in [0.5, 0.6) is 11.5 Å². The van der Waals surface area contributed by atoms with Crippen molar-refractivity contribution < 1.29 is 17.9 Å². The molecule has 1 unspecified atom stereocenters. The van der Waals surface area contributed by atoms with Crippen molar-refractivity contribution in [1.82, 2.24) is 4.90 Å². The molecule has 0 N–H and O–H groups in total. The van der Waals surface area contributed by atoms with Crippen LogP contribution in [0.2, 0.25) is 0 Å². The molecule has 1 saturated heterocycles. The lowest BCUT2D eigenvalue weighted by atomic mass is 10.1. The summed E-state index contributed by atoms with van der Waals surface area (Å²) in [5.41, 5.74) is 1.09. The molecule has 114 valence electrons. The highest BCUT2D eigenvalue weighted by Crippen LogP contribution is 2.40.